The van der Waals surface area contributed by atoms with Gasteiger partial charge in [0.1, 0.15) is 11.3 Å². The van der Waals surface area contributed by atoms with Gasteiger partial charge in [-0.25, -0.2) is 4.98 Å². The molecule has 1 atom stereocenters. The number of nitrogens with one attached hydrogen (secondary N) is 2. The molecule has 2 aromatic heterocycles. The Bertz CT molecular complexity index is 868. The van der Waals surface area contributed by atoms with E-state index in [0.29, 0.717) is 24.2 Å². The van der Waals surface area contributed by atoms with Crippen molar-refractivity contribution in [3.63, 3.8) is 0 Å². The molecule has 3 aromatic rings. The van der Waals surface area contributed by atoms with Gasteiger partial charge >= 0.3 is 0 Å². The van der Waals surface area contributed by atoms with E-state index in [9.17, 15) is 5.11 Å². The molecule has 0 amide bonds. The Labute approximate surface area is 191 Å². The summed E-state index contributed by atoms with van der Waals surface area (Å²) in [6, 6.07) is 13.9. The van der Waals surface area contributed by atoms with Crippen LogP contribution < -0.4 is 10.6 Å². The molecule has 150 valence electrons. The second-order valence-corrected chi connectivity index (χ2v) is 7.59. The number of benzene rings is 1. The molecule has 28 heavy (non-hydrogen) atoms. The fraction of sp³-hybridized carbons (Fsp3) is 0.300. The summed E-state index contributed by atoms with van der Waals surface area (Å²) in [5.74, 6) is 0.694. The number of aromatic nitrogens is 1. The number of aliphatic hydroxyl groups excluding tert-OH is 1. The van der Waals surface area contributed by atoms with Crippen LogP contribution in [0.3, 0.4) is 0 Å². The van der Waals surface area contributed by atoms with Gasteiger partial charge in [-0.15, -0.1) is 35.3 Å². The van der Waals surface area contributed by atoms with Gasteiger partial charge < -0.3 is 15.7 Å². The summed E-state index contributed by atoms with van der Waals surface area (Å²) in [6.07, 6.45) is 1.98. The maximum atomic E-state index is 10.5. The highest BCUT2D eigenvalue weighted by Gasteiger charge is 2.11. The molecule has 3 rings (SSSR count). The van der Waals surface area contributed by atoms with Gasteiger partial charge in [-0.1, -0.05) is 35.9 Å². The molecule has 0 spiro atoms. The Balaban J connectivity index is 0.00000280. The second-order valence-electron chi connectivity index (χ2n) is 6.09. The number of thiophene rings is 1. The quantitative estimate of drug-likeness (QED) is 0.183. The Morgan fingerprint density at radius 1 is 1.25 bits per heavy atom. The smallest absolute Gasteiger partial charge is 0.191 e. The van der Waals surface area contributed by atoms with E-state index < -0.39 is 6.10 Å². The summed E-state index contributed by atoms with van der Waals surface area (Å²) in [5, 5.41) is 18.6. The van der Waals surface area contributed by atoms with Crippen LogP contribution in [-0.2, 0) is 6.42 Å². The van der Waals surface area contributed by atoms with Crippen LogP contribution in [0.4, 0.5) is 0 Å². The van der Waals surface area contributed by atoms with Gasteiger partial charge in [-0.3, -0.25) is 4.99 Å². The fourth-order valence-electron chi connectivity index (χ4n) is 2.66. The van der Waals surface area contributed by atoms with Crippen molar-refractivity contribution in [1.29, 1.82) is 0 Å². The van der Waals surface area contributed by atoms with Crippen molar-refractivity contribution < 1.29 is 5.11 Å². The summed E-state index contributed by atoms with van der Waals surface area (Å²) >= 11 is 7.41. The molecule has 5 nitrogen and oxygen atoms in total. The van der Waals surface area contributed by atoms with Crippen LogP contribution in [0.5, 0.6) is 0 Å². The van der Waals surface area contributed by atoms with Crippen molar-refractivity contribution in [2.75, 3.05) is 19.6 Å². The van der Waals surface area contributed by atoms with E-state index in [2.05, 4.69) is 32.7 Å². The summed E-state index contributed by atoms with van der Waals surface area (Å²) in [6.45, 7) is 3.80. The van der Waals surface area contributed by atoms with Crippen LogP contribution in [0, 0.1) is 0 Å². The molecular formula is C20H24ClIN4OS. The van der Waals surface area contributed by atoms with Crippen molar-refractivity contribution in [2.24, 2.45) is 4.99 Å². The first kappa shape index (κ1) is 22.9. The maximum Gasteiger partial charge on any atom is 0.191 e. The number of rotatable bonds is 7. The molecule has 0 bridgehead atoms. The minimum Gasteiger partial charge on any atom is -0.386 e. The third-order valence-corrected chi connectivity index (χ3v) is 5.48. The van der Waals surface area contributed by atoms with E-state index in [1.807, 2.05) is 31.2 Å². The number of hydrogen-bond donors (Lipinski definition) is 3. The number of nitrogens with zero attached hydrogens (tertiary/aromatic N) is 2. The van der Waals surface area contributed by atoms with Crippen LogP contribution in [-0.4, -0.2) is 35.7 Å². The number of fused-ring (bicyclic) bond motifs is 1. The van der Waals surface area contributed by atoms with E-state index in [4.69, 9.17) is 11.6 Å². The van der Waals surface area contributed by atoms with Crippen LogP contribution in [0.25, 0.3) is 10.1 Å². The summed E-state index contributed by atoms with van der Waals surface area (Å²) in [5.41, 5.74) is 1.10. The number of aliphatic imine (C=N–C) groups is 1. The van der Waals surface area contributed by atoms with E-state index in [1.165, 1.54) is 4.70 Å². The minimum absolute atomic E-state index is 0. The number of pyridine rings is 1. The minimum atomic E-state index is -0.613. The van der Waals surface area contributed by atoms with Crippen molar-refractivity contribution in [3.05, 3.63) is 64.3 Å². The third kappa shape index (κ3) is 6.58. The number of guanidine groups is 1. The molecule has 1 aromatic carbocycles. The molecular weight excluding hydrogens is 507 g/mol. The standard InChI is InChI=1S/C20H23ClN4OS.HI/c1-2-22-20(23-10-9-14-7-8-19(21)24-12-14)25-13-16(26)18-11-15-5-3-4-6-17(15)27-18;/h3-8,11-12,16,26H,2,9-10,13H2,1H3,(H2,22,23,25);1H. The number of aliphatic hydroxyl groups is 1. The van der Waals surface area contributed by atoms with Crippen molar-refractivity contribution in [3.8, 4) is 0 Å². The second kappa shape index (κ2) is 11.5. The first-order valence-corrected chi connectivity index (χ1v) is 10.1. The zero-order valence-corrected chi connectivity index (χ0v) is 19.5. The average molecular weight is 531 g/mol. The van der Waals surface area contributed by atoms with Crippen molar-refractivity contribution in [1.82, 2.24) is 15.6 Å². The fourth-order valence-corrected chi connectivity index (χ4v) is 3.81. The van der Waals surface area contributed by atoms with Gasteiger partial charge in [0.05, 0.1) is 6.54 Å². The molecule has 0 saturated heterocycles. The van der Waals surface area contributed by atoms with Gasteiger partial charge in [-0.05, 0) is 42.5 Å². The molecule has 8 heteroatoms. The molecule has 1 unspecified atom stereocenters. The molecule has 0 aliphatic carbocycles. The van der Waals surface area contributed by atoms with E-state index in [1.54, 1.807) is 23.6 Å². The van der Waals surface area contributed by atoms with Crippen LogP contribution in [0.2, 0.25) is 5.15 Å². The third-order valence-electron chi connectivity index (χ3n) is 4.03. The topological polar surface area (TPSA) is 69.5 Å². The molecule has 0 aliphatic heterocycles. The zero-order valence-electron chi connectivity index (χ0n) is 15.6. The van der Waals surface area contributed by atoms with Gasteiger partial charge in [-0.2, -0.15) is 0 Å². The van der Waals surface area contributed by atoms with Crippen LogP contribution >= 0.6 is 46.9 Å². The average Bonchev–Trinajstić information content (AvgIpc) is 3.12. The molecule has 0 radical (unpaired) electrons. The molecule has 3 N–H and O–H groups in total. The predicted molar refractivity (Wildman–Crippen MR) is 129 cm³/mol. The Morgan fingerprint density at radius 2 is 2.07 bits per heavy atom. The van der Waals surface area contributed by atoms with E-state index >= 15 is 0 Å². The normalized spacial score (nSPS) is 12.5. The van der Waals surface area contributed by atoms with Crippen LogP contribution in [0.15, 0.2) is 53.7 Å². The lowest BCUT2D eigenvalue weighted by Gasteiger charge is -2.12. The van der Waals surface area contributed by atoms with Crippen molar-refractivity contribution in [2.45, 2.75) is 19.4 Å². The highest BCUT2D eigenvalue weighted by atomic mass is 127. The highest BCUT2D eigenvalue weighted by Crippen LogP contribution is 2.29. The van der Waals surface area contributed by atoms with Gasteiger partial charge in [0.25, 0.3) is 0 Å². The van der Waals surface area contributed by atoms with Crippen molar-refractivity contribution >= 4 is 63.0 Å². The number of hydrogen-bond acceptors (Lipinski definition) is 4. The SMILES string of the molecule is CCNC(=NCC(O)c1cc2ccccc2s1)NCCc1ccc(Cl)nc1.I. The molecule has 2 heterocycles. The van der Waals surface area contributed by atoms with Gasteiger partial charge in [0.15, 0.2) is 5.96 Å². The summed E-state index contributed by atoms with van der Waals surface area (Å²) < 4.78 is 1.18. The Morgan fingerprint density at radius 3 is 2.79 bits per heavy atom. The largest absolute Gasteiger partial charge is 0.386 e. The number of halogens is 2. The maximum absolute atomic E-state index is 10.5. The summed E-state index contributed by atoms with van der Waals surface area (Å²) in [4.78, 5) is 9.54. The Hall–Kier alpha value is -1.42. The zero-order chi connectivity index (χ0) is 19.1. The molecule has 0 aliphatic rings. The highest BCUT2D eigenvalue weighted by molar-refractivity contribution is 14.0. The monoisotopic (exact) mass is 530 g/mol. The first-order chi connectivity index (χ1) is 13.2. The lowest BCUT2D eigenvalue weighted by molar-refractivity contribution is 0.191. The Kier molecular flexibility index (Phi) is 9.43. The predicted octanol–water partition coefficient (Wildman–Crippen LogP) is 4.40. The van der Waals surface area contributed by atoms with E-state index in [-0.39, 0.29) is 24.0 Å². The van der Waals surface area contributed by atoms with E-state index in [0.717, 1.165) is 28.8 Å². The van der Waals surface area contributed by atoms with Gasteiger partial charge in [0, 0.05) is 28.9 Å². The lowest BCUT2D eigenvalue weighted by Crippen LogP contribution is -2.38. The van der Waals surface area contributed by atoms with Gasteiger partial charge in [0.2, 0.25) is 0 Å². The lowest BCUT2D eigenvalue weighted by atomic mass is 10.2. The summed E-state index contributed by atoms with van der Waals surface area (Å²) in [7, 11) is 0. The molecule has 0 fully saturated rings. The molecule has 0 saturated carbocycles. The van der Waals surface area contributed by atoms with Crippen LogP contribution in [0.1, 0.15) is 23.5 Å². The first-order valence-electron chi connectivity index (χ1n) is 8.95.